The first-order valence-electron chi connectivity index (χ1n) is 8.52. The van der Waals surface area contributed by atoms with Crippen LogP contribution in [0.15, 0.2) is 10.6 Å². The zero-order valence-electron chi connectivity index (χ0n) is 15.2. The molecule has 0 spiro atoms. The van der Waals surface area contributed by atoms with Crippen LogP contribution in [0.4, 0.5) is 5.88 Å². The predicted molar refractivity (Wildman–Crippen MR) is 98.8 cm³/mol. The van der Waals surface area contributed by atoms with Crippen molar-refractivity contribution in [3.05, 3.63) is 11.8 Å². The topological polar surface area (TPSA) is 70.4 Å². The molecule has 0 unspecified atom stereocenters. The molecule has 1 aliphatic heterocycles. The first-order chi connectivity index (χ1) is 10.9. The largest absolute Gasteiger partial charge is 0.338 e. The van der Waals surface area contributed by atoms with Gasteiger partial charge in [-0.1, -0.05) is 25.9 Å². The highest BCUT2D eigenvalue weighted by atomic mass is 35.5. The van der Waals surface area contributed by atoms with E-state index in [9.17, 15) is 4.79 Å². The van der Waals surface area contributed by atoms with Gasteiger partial charge in [-0.15, -0.1) is 12.4 Å². The zero-order valence-corrected chi connectivity index (χ0v) is 16.0. The zero-order chi connectivity index (χ0) is 16.9. The molecule has 0 bridgehead atoms. The first-order valence-corrected chi connectivity index (χ1v) is 8.52. The van der Waals surface area contributed by atoms with Crippen LogP contribution in [0.2, 0.25) is 0 Å². The number of nitrogens with zero attached hydrogens (tertiary/aromatic N) is 2. The molecule has 138 valence electrons. The maximum absolute atomic E-state index is 12.1. The standard InChI is InChI=1S/C17H30N4O2.ClH/c1-17(2,3)14-11-16(23-20-14)19-15(22)12-21-9-6-13(7-10-21)5-8-18-4;/h11,13,18H,5-10,12H2,1-4H3,(H,19,22);1H. The van der Waals surface area contributed by atoms with Crippen LogP contribution in [0.3, 0.4) is 0 Å². The van der Waals surface area contributed by atoms with E-state index < -0.39 is 0 Å². The minimum absolute atomic E-state index is 0. The third-order valence-electron chi connectivity index (χ3n) is 4.42. The third kappa shape index (κ3) is 6.42. The number of hydrogen-bond donors (Lipinski definition) is 2. The molecule has 0 atom stereocenters. The van der Waals surface area contributed by atoms with Crippen molar-refractivity contribution in [2.24, 2.45) is 5.92 Å². The normalized spacial score (nSPS) is 16.7. The van der Waals surface area contributed by atoms with Crippen LogP contribution in [0.5, 0.6) is 0 Å². The second-order valence-electron chi connectivity index (χ2n) is 7.49. The molecule has 0 radical (unpaired) electrons. The lowest BCUT2D eigenvalue weighted by molar-refractivity contribution is -0.117. The van der Waals surface area contributed by atoms with Crippen LogP contribution in [0, 0.1) is 5.92 Å². The predicted octanol–water partition coefficient (Wildman–Crippen LogP) is 2.65. The molecule has 2 heterocycles. The summed E-state index contributed by atoms with van der Waals surface area (Å²) in [5.74, 6) is 1.18. The molecule has 0 saturated carbocycles. The minimum atomic E-state index is -0.0816. The van der Waals surface area contributed by atoms with Crippen molar-refractivity contribution in [3.8, 4) is 0 Å². The van der Waals surface area contributed by atoms with Crippen molar-refractivity contribution in [1.82, 2.24) is 15.4 Å². The molecular formula is C17H31ClN4O2. The second kappa shape index (κ2) is 9.39. The summed E-state index contributed by atoms with van der Waals surface area (Å²) in [6.45, 7) is 9.67. The van der Waals surface area contributed by atoms with Gasteiger partial charge in [0, 0.05) is 11.5 Å². The molecular weight excluding hydrogens is 328 g/mol. The quantitative estimate of drug-likeness (QED) is 0.818. The monoisotopic (exact) mass is 358 g/mol. The Kier molecular flexibility index (Phi) is 8.19. The summed E-state index contributed by atoms with van der Waals surface area (Å²) in [6, 6.07) is 1.81. The van der Waals surface area contributed by atoms with Gasteiger partial charge in [0.05, 0.1) is 12.2 Å². The van der Waals surface area contributed by atoms with Crippen molar-refractivity contribution >= 4 is 24.2 Å². The lowest BCUT2D eigenvalue weighted by Gasteiger charge is -2.31. The molecule has 24 heavy (non-hydrogen) atoms. The lowest BCUT2D eigenvalue weighted by atomic mass is 9.92. The van der Waals surface area contributed by atoms with E-state index in [0.29, 0.717) is 12.4 Å². The number of rotatable bonds is 6. The number of amides is 1. The van der Waals surface area contributed by atoms with Gasteiger partial charge < -0.3 is 9.84 Å². The maximum atomic E-state index is 12.1. The van der Waals surface area contributed by atoms with E-state index in [1.54, 1.807) is 0 Å². The second-order valence-corrected chi connectivity index (χ2v) is 7.49. The average Bonchev–Trinajstić information content (AvgIpc) is 2.95. The number of hydrogen-bond acceptors (Lipinski definition) is 5. The van der Waals surface area contributed by atoms with Crippen molar-refractivity contribution in [3.63, 3.8) is 0 Å². The highest BCUT2D eigenvalue weighted by Gasteiger charge is 2.22. The Balaban J connectivity index is 0.00000288. The molecule has 1 aromatic heterocycles. The van der Waals surface area contributed by atoms with Gasteiger partial charge in [-0.05, 0) is 51.9 Å². The number of anilines is 1. The SMILES string of the molecule is CNCCC1CCN(CC(=O)Nc2cc(C(C)(C)C)no2)CC1.Cl. The van der Waals surface area contributed by atoms with E-state index in [2.05, 4.69) is 41.5 Å². The molecule has 1 aromatic rings. The Morgan fingerprint density at radius 2 is 2.04 bits per heavy atom. The molecule has 2 rings (SSSR count). The van der Waals surface area contributed by atoms with E-state index in [4.69, 9.17) is 4.52 Å². The molecule has 1 fully saturated rings. The number of piperidine rings is 1. The van der Waals surface area contributed by atoms with Gasteiger partial charge in [0.1, 0.15) is 0 Å². The summed E-state index contributed by atoms with van der Waals surface area (Å²) in [4.78, 5) is 14.4. The van der Waals surface area contributed by atoms with Gasteiger partial charge in [-0.25, -0.2) is 0 Å². The summed E-state index contributed by atoms with van der Waals surface area (Å²) in [5.41, 5.74) is 0.764. The van der Waals surface area contributed by atoms with E-state index in [0.717, 1.165) is 31.2 Å². The van der Waals surface area contributed by atoms with Gasteiger partial charge in [0.25, 0.3) is 0 Å². The lowest BCUT2D eigenvalue weighted by Crippen LogP contribution is -2.39. The summed E-state index contributed by atoms with van der Waals surface area (Å²) in [6.07, 6.45) is 3.57. The molecule has 2 N–H and O–H groups in total. The fourth-order valence-corrected chi connectivity index (χ4v) is 2.85. The van der Waals surface area contributed by atoms with Crippen molar-refractivity contribution in [1.29, 1.82) is 0 Å². The van der Waals surface area contributed by atoms with Gasteiger partial charge in [-0.3, -0.25) is 15.0 Å². The first kappa shape index (κ1) is 20.9. The number of likely N-dealkylation sites (tertiary alicyclic amines) is 1. The molecule has 7 heteroatoms. The van der Waals surface area contributed by atoms with E-state index in [1.807, 2.05) is 13.1 Å². The number of nitrogens with one attached hydrogen (secondary N) is 2. The average molecular weight is 359 g/mol. The minimum Gasteiger partial charge on any atom is -0.338 e. The Hall–Kier alpha value is -1.11. The molecule has 0 aliphatic carbocycles. The summed E-state index contributed by atoms with van der Waals surface area (Å²) < 4.78 is 5.20. The van der Waals surface area contributed by atoms with Gasteiger partial charge in [0.2, 0.25) is 11.8 Å². The molecule has 1 aliphatic rings. The van der Waals surface area contributed by atoms with Crippen LogP contribution < -0.4 is 10.6 Å². The van der Waals surface area contributed by atoms with Crippen LogP contribution in [0.1, 0.15) is 45.7 Å². The van der Waals surface area contributed by atoms with E-state index >= 15 is 0 Å². The van der Waals surface area contributed by atoms with Crippen LogP contribution in [-0.4, -0.2) is 49.2 Å². The summed E-state index contributed by atoms with van der Waals surface area (Å²) in [5, 5.41) is 10.0. The van der Waals surface area contributed by atoms with Crippen molar-refractivity contribution in [2.45, 2.75) is 45.4 Å². The molecule has 1 amide bonds. The number of halogens is 1. The van der Waals surface area contributed by atoms with Crippen LogP contribution in [0.25, 0.3) is 0 Å². The third-order valence-corrected chi connectivity index (χ3v) is 4.42. The highest BCUT2D eigenvalue weighted by molar-refractivity contribution is 5.91. The van der Waals surface area contributed by atoms with Gasteiger partial charge >= 0.3 is 0 Å². The van der Waals surface area contributed by atoms with Gasteiger partial charge in [0.15, 0.2) is 0 Å². The fraction of sp³-hybridized carbons (Fsp3) is 0.765. The molecule has 0 aromatic carbocycles. The molecule has 1 saturated heterocycles. The van der Waals surface area contributed by atoms with Gasteiger partial charge in [-0.2, -0.15) is 0 Å². The number of aromatic nitrogens is 1. The van der Waals surface area contributed by atoms with Crippen molar-refractivity contribution in [2.75, 3.05) is 38.5 Å². The summed E-state index contributed by atoms with van der Waals surface area (Å²) >= 11 is 0. The van der Waals surface area contributed by atoms with Crippen molar-refractivity contribution < 1.29 is 9.32 Å². The fourth-order valence-electron chi connectivity index (χ4n) is 2.85. The number of carbonyl (C=O) groups excluding carboxylic acids is 1. The van der Waals surface area contributed by atoms with E-state index in [-0.39, 0.29) is 23.7 Å². The maximum Gasteiger partial charge on any atom is 0.240 e. The highest BCUT2D eigenvalue weighted by Crippen LogP contribution is 2.24. The summed E-state index contributed by atoms with van der Waals surface area (Å²) in [7, 11) is 1.99. The Morgan fingerprint density at radius 1 is 1.38 bits per heavy atom. The smallest absolute Gasteiger partial charge is 0.240 e. The Bertz CT molecular complexity index is 505. The van der Waals surface area contributed by atoms with Crippen LogP contribution >= 0.6 is 12.4 Å². The Morgan fingerprint density at radius 3 is 2.58 bits per heavy atom. The van der Waals surface area contributed by atoms with Crippen LogP contribution in [-0.2, 0) is 10.2 Å². The Labute approximate surface area is 151 Å². The molecule has 6 nitrogen and oxygen atoms in total. The van der Waals surface area contributed by atoms with E-state index in [1.165, 1.54) is 19.3 Å². The number of carbonyl (C=O) groups is 1.